The van der Waals surface area contributed by atoms with Crippen molar-refractivity contribution in [2.75, 3.05) is 37.6 Å². The maximum Gasteiger partial charge on any atom is 0.328 e. The van der Waals surface area contributed by atoms with E-state index in [1.54, 1.807) is 27.6 Å². The SMILES string of the molecule is O=C([O-])/C=C/C(=O)O.OC(CCC[NH+]1CCN(c2ccccc2)CC1)(c1ccsc1)c1ccsc1. The van der Waals surface area contributed by atoms with Crippen molar-refractivity contribution in [1.82, 2.24) is 0 Å². The number of carbonyl (C=O) groups excluding carboxylic acids is 1. The summed E-state index contributed by atoms with van der Waals surface area (Å²) >= 11 is 3.31. The lowest BCUT2D eigenvalue weighted by Crippen LogP contribution is -3.14. The van der Waals surface area contributed by atoms with Gasteiger partial charge in [0.25, 0.3) is 0 Å². The predicted molar refractivity (Wildman–Crippen MR) is 137 cm³/mol. The molecule has 3 heterocycles. The van der Waals surface area contributed by atoms with Gasteiger partial charge < -0.3 is 29.9 Å². The van der Waals surface area contributed by atoms with Crippen molar-refractivity contribution in [3.63, 3.8) is 0 Å². The van der Waals surface area contributed by atoms with Crippen molar-refractivity contribution in [2.45, 2.75) is 18.4 Å². The molecule has 1 aliphatic rings. The lowest BCUT2D eigenvalue weighted by Gasteiger charge is -2.34. The normalized spacial score (nSPS) is 14.5. The second kappa shape index (κ2) is 13.2. The Morgan fingerprint density at radius 2 is 1.60 bits per heavy atom. The first-order valence-corrected chi connectivity index (χ1v) is 13.3. The number of nitrogens with one attached hydrogen (secondary N) is 1. The average molecular weight is 515 g/mol. The van der Waals surface area contributed by atoms with Crippen LogP contribution in [-0.4, -0.2) is 54.9 Å². The maximum absolute atomic E-state index is 11.4. The minimum Gasteiger partial charge on any atom is -0.545 e. The zero-order valence-electron chi connectivity index (χ0n) is 19.3. The fourth-order valence-electron chi connectivity index (χ4n) is 4.16. The standard InChI is InChI=1S/C22H26N2OS2.C4H4O4/c25-22(19-7-15-26-17-19,20-8-16-27-18-20)9-4-10-23-11-13-24(14-12-23)21-5-2-1-3-6-21;5-3(6)1-2-4(7)8/h1-3,5-8,15-18,25H,4,9-14H2;1-2H,(H,5,6)(H,7,8)/b;2-1+. The number of carboxylic acids is 2. The van der Waals surface area contributed by atoms with Gasteiger partial charge in [0, 0.05) is 11.8 Å². The van der Waals surface area contributed by atoms with E-state index in [1.807, 2.05) is 0 Å². The van der Waals surface area contributed by atoms with E-state index in [9.17, 15) is 19.8 Å². The van der Waals surface area contributed by atoms with Crippen LogP contribution in [0.25, 0.3) is 0 Å². The van der Waals surface area contributed by atoms with E-state index in [2.05, 4.69) is 68.9 Å². The van der Waals surface area contributed by atoms with Crippen LogP contribution >= 0.6 is 22.7 Å². The molecule has 2 aromatic heterocycles. The summed E-state index contributed by atoms with van der Waals surface area (Å²) in [5, 5.41) is 37.0. The molecule has 0 aliphatic carbocycles. The number of aliphatic hydroxyl groups is 1. The Kier molecular flexibility index (Phi) is 10.0. The number of piperazine rings is 1. The van der Waals surface area contributed by atoms with E-state index in [0.717, 1.165) is 43.6 Å². The van der Waals surface area contributed by atoms with Crippen LogP contribution in [0, 0.1) is 0 Å². The molecule has 0 spiro atoms. The van der Waals surface area contributed by atoms with Crippen LogP contribution in [0.4, 0.5) is 5.69 Å². The zero-order valence-corrected chi connectivity index (χ0v) is 21.0. The van der Waals surface area contributed by atoms with Crippen LogP contribution in [0.2, 0.25) is 0 Å². The monoisotopic (exact) mass is 514 g/mol. The molecule has 186 valence electrons. The number of carbonyl (C=O) groups is 2. The summed E-state index contributed by atoms with van der Waals surface area (Å²) in [4.78, 5) is 23.1. The molecule has 0 atom stereocenters. The minimum absolute atomic E-state index is 0.447. The quantitative estimate of drug-likeness (QED) is 0.375. The smallest absolute Gasteiger partial charge is 0.328 e. The molecule has 1 saturated heterocycles. The Labute approximate surface area is 213 Å². The lowest BCUT2D eigenvalue weighted by atomic mass is 9.85. The lowest BCUT2D eigenvalue weighted by molar-refractivity contribution is -0.900. The first-order chi connectivity index (χ1) is 16.9. The number of hydrogen-bond acceptors (Lipinski definition) is 7. The number of benzene rings is 1. The highest BCUT2D eigenvalue weighted by Crippen LogP contribution is 2.36. The molecule has 4 rings (SSSR count). The summed E-state index contributed by atoms with van der Waals surface area (Å²) in [6.07, 6.45) is 2.76. The third kappa shape index (κ3) is 8.03. The molecule has 7 nitrogen and oxygen atoms in total. The molecule has 3 aromatic rings. The van der Waals surface area contributed by atoms with Crippen molar-refractivity contribution < 1.29 is 29.8 Å². The van der Waals surface area contributed by atoms with E-state index >= 15 is 0 Å². The highest BCUT2D eigenvalue weighted by Gasteiger charge is 2.32. The first-order valence-electron chi connectivity index (χ1n) is 11.4. The number of hydrogen-bond donors (Lipinski definition) is 3. The Morgan fingerprint density at radius 1 is 1.00 bits per heavy atom. The van der Waals surface area contributed by atoms with Gasteiger partial charge in [0.15, 0.2) is 0 Å². The van der Waals surface area contributed by atoms with Crippen LogP contribution in [0.1, 0.15) is 24.0 Å². The van der Waals surface area contributed by atoms with Crippen LogP contribution in [0.5, 0.6) is 0 Å². The molecule has 35 heavy (non-hydrogen) atoms. The Hall–Kier alpha value is -2.98. The fourth-order valence-corrected chi connectivity index (χ4v) is 5.61. The highest BCUT2D eigenvalue weighted by molar-refractivity contribution is 7.08. The van der Waals surface area contributed by atoms with Gasteiger partial charge in [-0.3, -0.25) is 0 Å². The van der Waals surface area contributed by atoms with Crippen molar-refractivity contribution in [1.29, 1.82) is 0 Å². The van der Waals surface area contributed by atoms with Gasteiger partial charge in [0.2, 0.25) is 0 Å². The number of nitrogens with zero attached hydrogens (tertiary/aromatic N) is 1. The molecule has 1 fully saturated rings. The largest absolute Gasteiger partial charge is 0.545 e. The van der Waals surface area contributed by atoms with Gasteiger partial charge in [-0.1, -0.05) is 18.2 Å². The van der Waals surface area contributed by atoms with E-state index in [4.69, 9.17) is 5.11 Å². The molecule has 1 aliphatic heterocycles. The van der Waals surface area contributed by atoms with Gasteiger partial charge in [0.1, 0.15) is 5.60 Å². The minimum atomic E-state index is -1.51. The van der Waals surface area contributed by atoms with Gasteiger partial charge >= 0.3 is 5.97 Å². The first kappa shape index (κ1) is 26.6. The third-order valence-corrected chi connectivity index (χ3v) is 7.39. The van der Waals surface area contributed by atoms with Gasteiger partial charge in [-0.15, -0.1) is 0 Å². The summed E-state index contributed by atoms with van der Waals surface area (Å²) in [6.45, 7) is 5.69. The van der Waals surface area contributed by atoms with Crippen LogP contribution < -0.4 is 14.9 Å². The third-order valence-electron chi connectivity index (χ3n) is 6.02. The number of thiophene rings is 2. The van der Waals surface area contributed by atoms with Gasteiger partial charge in [-0.25, -0.2) is 4.79 Å². The molecule has 3 N–H and O–H groups in total. The Bertz CT molecular complexity index is 1010. The summed E-state index contributed by atoms with van der Waals surface area (Å²) in [5.74, 6) is -2.80. The van der Waals surface area contributed by atoms with E-state index in [-0.39, 0.29) is 0 Å². The summed E-state index contributed by atoms with van der Waals surface area (Å²) in [6, 6.07) is 14.8. The maximum atomic E-state index is 11.4. The van der Waals surface area contributed by atoms with E-state index in [1.165, 1.54) is 18.8 Å². The molecular formula is C26H30N2O5S2. The zero-order chi connectivity index (χ0) is 25.1. The number of rotatable bonds is 9. The molecule has 0 amide bonds. The second-order valence-electron chi connectivity index (χ2n) is 8.30. The fraction of sp³-hybridized carbons (Fsp3) is 0.308. The summed E-state index contributed by atoms with van der Waals surface area (Å²) < 4.78 is 0. The number of aliphatic carboxylic acids is 2. The molecule has 0 bridgehead atoms. The molecule has 0 saturated carbocycles. The number of para-hydroxylation sites is 1. The molecule has 9 heteroatoms. The Balaban J connectivity index is 0.000000371. The number of quaternary nitrogens is 1. The van der Waals surface area contributed by atoms with Crippen LogP contribution in [0.15, 0.2) is 76.1 Å². The predicted octanol–water partition coefficient (Wildman–Crippen LogP) is 1.61. The summed E-state index contributed by atoms with van der Waals surface area (Å²) in [7, 11) is 0. The van der Waals surface area contributed by atoms with E-state index < -0.39 is 17.5 Å². The molecule has 0 unspecified atom stereocenters. The number of anilines is 1. The molecule has 0 radical (unpaired) electrons. The Morgan fingerprint density at radius 3 is 2.06 bits per heavy atom. The van der Waals surface area contributed by atoms with Crippen LogP contribution in [0.3, 0.4) is 0 Å². The van der Waals surface area contributed by atoms with Crippen molar-refractivity contribution in [2.24, 2.45) is 0 Å². The number of carboxylic acid groups (broad SMARTS) is 2. The summed E-state index contributed by atoms with van der Waals surface area (Å²) in [5.41, 5.74) is 2.57. The molecule has 1 aromatic carbocycles. The second-order valence-corrected chi connectivity index (χ2v) is 9.86. The van der Waals surface area contributed by atoms with Gasteiger partial charge in [-0.05, 0) is 75.8 Å². The highest BCUT2D eigenvalue weighted by atomic mass is 32.1. The van der Waals surface area contributed by atoms with Crippen molar-refractivity contribution in [3.8, 4) is 0 Å². The topological polar surface area (TPSA) is 105 Å². The van der Waals surface area contributed by atoms with Crippen molar-refractivity contribution in [3.05, 3.63) is 87.3 Å². The van der Waals surface area contributed by atoms with E-state index in [0.29, 0.717) is 12.2 Å². The van der Waals surface area contributed by atoms with Gasteiger partial charge in [0.05, 0.1) is 38.7 Å². The van der Waals surface area contributed by atoms with Crippen LogP contribution in [-0.2, 0) is 15.2 Å². The van der Waals surface area contributed by atoms with Crippen molar-refractivity contribution >= 4 is 40.3 Å². The molecular weight excluding hydrogens is 484 g/mol. The average Bonchev–Trinajstić information content (AvgIpc) is 3.60. The van der Waals surface area contributed by atoms with Gasteiger partial charge in [-0.2, -0.15) is 22.7 Å².